The van der Waals surface area contributed by atoms with Crippen molar-refractivity contribution in [2.75, 3.05) is 5.75 Å². The molecule has 0 saturated carbocycles. The Kier molecular flexibility index (Phi) is 5.00. The van der Waals surface area contributed by atoms with Gasteiger partial charge in [-0.15, -0.1) is 11.8 Å². The minimum atomic E-state index is -0.198. The predicted octanol–water partition coefficient (Wildman–Crippen LogP) is 3.80. The molecule has 1 atom stereocenters. The van der Waals surface area contributed by atoms with Crippen molar-refractivity contribution in [2.24, 2.45) is 5.73 Å². The molecule has 0 aromatic heterocycles. The topological polar surface area (TPSA) is 26.0 Å². The van der Waals surface area contributed by atoms with E-state index in [1.807, 2.05) is 6.07 Å². The maximum Gasteiger partial charge on any atom is 0.123 e. The van der Waals surface area contributed by atoms with E-state index in [9.17, 15) is 4.39 Å². The number of halogens is 1. The maximum atomic E-state index is 13.1. The van der Waals surface area contributed by atoms with Gasteiger partial charge in [-0.25, -0.2) is 4.39 Å². The number of aryl methyl sites for hydroxylation is 1. The maximum absolute atomic E-state index is 13.1. The van der Waals surface area contributed by atoms with E-state index in [2.05, 4.69) is 31.2 Å². The molecule has 19 heavy (non-hydrogen) atoms. The van der Waals surface area contributed by atoms with Gasteiger partial charge in [-0.2, -0.15) is 0 Å². The van der Waals surface area contributed by atoms with Crippen LogP contribution in [0.25, 0.3) is 0 Å². The van der Waals surface area contributed by atoms with Crippen LogP contribution in [0, 0.1) is 12.7 Å². The SMILES string of the molecule is Cc1ccc(SCC(N)Cc2cccc(F)c2)cc1. The molecule has 100 valence electrons. The molecule has 3 heteroatoms. The summed E-state index contributed by atoms with van der Waals surface area (Å²) in [6.45, 7) is 2.07. The van der Waals surface area contributed by atoms with Crippen LogP contribution in [0.5, 0.6) is 0 Å². The average molecular weight is 275 g/mol. The van der Waals surface area contributed by atoms with Gasteiger partial charge in [-0.05, 0) is 43.2 Å². The summed E-state index contributed by atoms with van der Waals surface area (Å²) >= 11 is 1.74. The van der Waals surface area contributed by atoms with Crippen LogP contribution in [0.1, 0.15) is 11.1 Å². The Bertz CT molecular complexity index is 525. The van der Waals surface area contributed by atoms with E-state index in [-0.39, 0.29) is 11.9 Å². The van der Waals surface area contributed by atoms with Crippen molar-refractivity contribution >= 4 is 11.8 Å². The molecule has 0 spiro atoms. The Hall–Kier alpha value is -1.32. The number of nitrogens with two attached hydrogens (primary N) is 1. The van der Waals surface area contributed by atoms with Gasteiger partial charge in [0.05, 0.1) is 0 Å². The molecule has 2 aromatic carbocycles. The van der Waals surface area contributed by atoms with Gasteiger partial charge in [0.15, 0.2) is 0 Å². The van der Waals surface area contributed by atoms with Gasteiger partial charge in [-0.3, -0.25) is 0 Å². The van der Waals surface area contributed by atoms with Gasteiger partial charge in [0.25, 0.3) is 0 Å². The number of thioether (sulfide) groups is 1. The summed E-state index contributed by atoms with van der Waals surface area (Å²) in [6.07, 6.45) is 0.705. The third kappa shape index (κ3) is 4.69. The van der Waals surface area contributed by atoms with Gasteiger partial charge >= 0.3 is 0 Å². The quantitative estimate of drug-likeness (QED) is 0.840. The number of hydrogen-bond acceptors (Lipinski definition) is 2. The summed E-state index contributed by atoms with van der Waals surface area (Å²) in [6, 6.07) is 15.1. The fraction of sp³-hybridized carbons (Fsp3) is 0.250. The van der Waals surface area contributed by atoms with E-state index in [0.29, 0.717) is 6.42 Å². The van der Waals surface area contributed by atoms with E-state index in [0.717, 1.165) is 11.3 Å². The third-order valence-electron chi connectivity index (χ3n) is 2.87. The van der Waals surface area contributed by atoms with E-state index in [1.165, 1.54) is 16.5 Å². The first-order chi connectivity index (χ1) is 9.13. The van der Waals surface area contributed by atoms with Crippen LogP contribution in [0.3, 0.4) is 0 Å². The molecule has 0 aliphatic rings. The fourth-order valence-corrected chi connectivity index (χ4v) is 2.72. The van der Waals surface area contributed by atoms with Crippen molar-refractivity contribution in [2.45, 2.75) is 24.3 Å². The zero-order valence-electron chi connectivity index (χ0n) is 11.0. The highest BCUT2D eigenvalue weighted by atomic mass is 32.2. The summed E-state index contributed by atoms with van der Waals surface area (Å²) in [5.74, 6) is 0.635. The number of rotatable bonds is 5. The van der Waals surface area contributed by atoms with Crippen LogP contribution in [-0.2, 0) is 6.42 Å². The molecule has 1 nitrogen and oxygen atoms in total. The Morgan fingerprint density at radius 2 is 1.89 bits per heavy atom. The molecule has 0 saturated heterocycles. The summed E-state index contributed by atoms with van der Waals surface area (Å²) in [5.41, 5.74) is 8.30. The number of benzene rings is 2. The van der Waals surface area contributed by atoms with Gasteiger partial charge in [0.1, 0.15) is 5.82 Å². The molecule has 2 aromatic rings. The zero-order chi connectivity index (χ0) is 13.7. The second-order valence-electron chi connectivity index (χ2n) is 4.72. The first-order valence-electron chi connectivity index (χ1n) is 6.33. The van der Waals surface area contributed by atoms with E-state index >= 15 is 0 Å². The number of hydrogen-bond donors (Lipinski definition) is 1. The van der Waals surface area contributed by atoms with Gasteiger partial charge in [-0.1, -0.05) is 29.8 Å². The van der Waals surface area contributed by atoms with E-state index < -0.39 is 0 Å². The molecule has 1 unspecified atom stereocenters. The molecule has 2 rings (SSSR count). The van der Waals surface area contributed by atoms with Crippen LogP contribution in [0.2, 0.25) is 0 Å². The van der Waals surface area contributed by atoms with Crippen LogP contribution >= 0.6 is 11.8 Å². The van der Waals surface area contributed by atoms with E-state index in [1.54, 1.807) is 23.9 Å². The highest BCUT2D eigenvalue weighted by molar-refractivity contribution is 7.99. The van der Waals surface area contributed by atoms with Crippen molar-refractivity contribution in [3.63, 3.8) is 0 Å². The van der Waals surface area contributed by atoms with Gasteiger partial charge in [0, 0.05) is 16.7 Å². The van der Waals surface area contributed by atoms with Gasteiger partial charge in [0.2, 0.25) is 0 Å². The highest BCUT2D eigenvalue weighted by Crippen LogP contribution is 2.19. The Balaban J connectivity index is 1.84. The van der Waals surface area contributed by atoms with Crippen molar-refractivity contribution < 1.29 is 4.39 Å². The van der Waals surface area contributed by atoms with Crippen LogP contribution < -0.4 is 5.73 Å². The molecule has 0 bridgehead atoms. The summed E-state index contributed by atoms with van der Waals surface area (Å²) in [7, 11) is 0. The second-order valence-corrected chi connectivity index (χ2v) is 5.81. The molecule has 2 N–H and O–H groups in total. The first kappa shape index (κ1) is 14.1. The van der Waals surface area contributed by atoms with Crippen LogP contribution in [0.4, 0.5) is 4.39 Å². The first-order valence-corrected chi connectivity index (χ1v) is 7.31. The average Bonchev–Trinajstić information content (AvgIpc) is 2.38. The van der Waals surface area contributed by atoms with Crippen LogP contribution in [0.15, 0.2) is 53.4 Å². The fourth-order valence-electron chi connectivity index (χ4n) is 1.86. The monoisotopic (exact) mass is 275 g/mol. The third-order valence-corrected chi connectivity index (χ3v) is 4.07. The Morgan fingerprint density at radius 3 is 2.58 bits per heavy atom. The molecular formula is C16H18FNS. The van der Waals surface area contributed by atoms with Crippen molar-refractivity contribution in [3.05, 3.63) is 65.5 Å². The van der Waals surface area contributed by atoms with Crippen molar-refractivity contribution in [3.8, 4) is 0 Å². The van der Waals surface area contributed by atoms with Gasteiger partial charge < -0.3 is 5.73 Å². The zero-order valence-corrected chi connectivity index (χ0v) is 11.8. The normalized spacial score (nSPS) is 12.4. The Labute approximate surface area is 118 Å². The molecule has 0 heterocycles. The highest BCUT2D eigenvalue weighted by Gasteiger charge is 2.06. The predicted molar refractivity (Wildman–Crippen MR) is 80.0 cm³/mol. The lowest BCUT2D eigenvalue weighted by molar-refractivity contribution is 0.623. The van der Waals surface area contributed by atoms with Crippen molar-refractivity contribution in [1.82, 2.24) is 0 Å². The molecule has 0 amide bonds. The minimum Gasteiger partial charge on any atom is -0.327 e. The molecule has 0 radical (unpaired) electrons. The molecule has 0 aliphatic carbocycles. The Morgan fingerprint density at radius 1 is 1.16 bits per heavy atom. The largest absolute Gasteiger partial charge is 0.327 e. The molecule has 0 fully saturated rings. The minimum absolute atomic E-state index is 0.0353. The lowest BCUT2D eigenvalue weighted by atomic mass is 10.1. The summed E-state index contributed by atoms with van der Waals surface area (Å²) in [5, 5.41) is 0. The second kappa shape index (κ2) is 6.73. The summed E-state index contributed by atoms with van der Waals surface area (Å²) in [4.78, 5) is 1.22. The standard InChI is InChI=1S/C16H18FNS/c1-12-5-7-16(8-6-12)19-11-15(18)10-13-3-2-4-14(17)9-13/h2-9,15H,10-11,18H2,1H3. The lowest BCUT2D eigenvalue weighted by Gasteiger charge is -2.11. The van der Waals surface area contributed by atoms with Crippen LogP contribution in [-0.4, -0.2) is 11.8 Å². The van der Waals surface area contributed by atoms with Crippen molar-refractivity contribution in [1.29, 1.82) is 0 Å². The molecular weight excluding hydrogens is 257 g/mol. The smallest absolute Gasteiger partial charge is 0.123 e. The summed E-state index contributed by atoms with van der Waals surface area (Å²) < 4.78 is 13.1. The molecule has 0 aliphatic heterocycles. The lowest BCUT2D eigenvalue weighted by Crippen LogP contribution is -2.25. The van der Waals surface area contributed by atoms with E-state index in [4.69, 9.17) is 5.73 Å².